The number of carbonyl (C=O) groups is 2. The van der Waals surface area contributed by atoms with Crippen molar-refractivity contribution in [1.29, 1.82) is 0 Å². The van der Waals surface area contributed by atoms with Gasteiger partial charge in [0.1, 0.15) is 11.5 Å². The maximum atomic E-state index is 12.9. The van der Waals surface area contributed by atoms with Crippen molar-refractivity contribution in [3.05, 3.63) is 23.2 Å². The minimum Gasteiger partial charge on any atom is -0.466 e. The average molecular weight is 318 g/mol. The number of likely N-dealkylation sites (N-methyl/N-ethyl adjacent to an activating group) is 1. The Morgan fingerprint density at radius 3 is 2.70 bits per heavy atom. The summed E-state index contributed by atoms with van der Waals surface area (Å²) in [5.41, 5.74) is 0.495. The molecule has 1 aromatic heterocycles. The molecule has 0 aromatic carbocycles. The summed E-state index contributed by atoms with van der Waals surface area (Å²) in [4.78, 5) is 29.1. The number of carbonyl (C=O) groups excluding carboxylic acids is 2. The molecule has 5 heteroatoms. The molecule has 1 atom stereocenters. The first-order chi connectivity index (χ1) is 11.0. The van der Waals surface area contributed by atoms with Crippen molar-refractivity contribution in [2.75, 3.05) is 19.6 Å². The van der Waals surface area contributed by atoms with E-state index in [-0.39, 0.29) is 17.4 Å². The zero-order valence-electron chi connectivity index (χ0n) is 14.4. The molecule has 23 heavy (non-hydrogen) atoms. The molecule has 2 aliphatic heterocycles. The normalized spacial score (nSPS) is 25.3. The van der Waals surface area contributed by atoms with Gasteiger partial charge in [-0.1, -0.05) is 0 Å². The number of likely N-dealkylation sites (tertiary alicyclic amines) is 2. The number of hydrogen-bond acceptors (Lipinski definition) is 3. The van der Waals surface area contributed by atoms with Gasteiger partial charge in [-0.3, -0.25) is 9.59 Å². The number of rotatable bonds is 2. The van der Waals surface area contributed by atoms with Crippen LogP contribution in [0.1, 0.15) is 60.9 Å². The molecular weight excluding hydrogens is 292 g/mol. The van der Waals surface area contributed by atoms with Gasteiger partial charge in [-0.15, -0.1) is 0 Å². The van der Waals surface area contributed by atoms with Gasteiger partial charge in [-0.05, 0) is 52.5 Å². The molecule has 2 fully saturated rings. The standard InChI is InChI=1S/C18H26N2O3/c1-4-20-16(21)7-5-8-18(20)9-6-10-19(12-18)17(22)15-11-13(2)23-14(15)3/h11H,4-10,12H2,1-3H3/t18-/m0/s1. The Kier molecular flexibility index (Phi) is 4.21. The van der Waals surface area contributed by atoms with Crippen molar-refractivity contribution in [3.63, 3.8) is 0 Å². The third-order valence-electron chi connectivity index (χ3n) is 5.34. The molecule has 2 aliphatic rings. The zero-order chi connectivity index (χ0) is 16.6. The van der Waals surface area contributed by atoms with Crippen LogP contribution in [0.25, 0.3) is 0 Å². The lowest BCUT2D eigenvalue weighted by atomic mass is 9.79. The number of aryl methyl sites for hydroxylation is 2. The average Bonchev–Trinajstić information content (AvgIpc) is 2.85. The van der Waals surface area contributed by atoms with Crippen molar-refractivity contribution in [2.45, 2.75) is 58.4 Å². The minimum absolute atomic E-state index is 0.0347. The van der Waals surface area contributed by atoms with Crippen LogP contribution in [-0.4, -0.2) is 46.8 Å². The molecule has 0 radical (unpaired) electrons. The van der Waals surface area contributed by atoms with Crippen LogP contribution in [0.5, 0.6) is 0 Å². The number of nitrogens with zero attached hydrogens (tertiary/aromatic N) is 2. The topological polar surface area (TPSA) is 53.8 Å². The highest BCUT2D eigenvalue weighted by atomic mass is 16.3. The maximum absolute atomic E-state index is 12.9. The Bertz CT molecular complexity index is 618. The first-order valence-electron chi connectivity index (χ1n) is 8.63. The molecule has 0 unspecified atom stereocenters. The number of furan rings is 1. The molecule has 5 nitrogen and oxygen atoms in total. The lowest BCUT2D eigenvalue weighted by molar-refractivity contribution is -0.144. The Morgan fingerprint density at radius 2 is 2.04 bits per heavy atom. The maximum Gasteiger partial charge on any atom is 0.257 e. The zero-order valence-corrected chi connectivity index (χ0v) is 14.4. The Hall–Kier alpha value is -1.78. The van der Waals surface area contributed by atoms with Crippen LogP contribution < -0.4 is 0 Å². The number of amides is 2. The highest BCUT2D eigenvalue weighted by molar-refractivity contribution is 5.95. The molecule has 3 heterocycles. The fourth-order valence-electron chi connectivity index (χ4n) is 4.34. The van der Waals surface area contributed by atoms with Gasteiger partial charge < -0.3 is 14.2 Å². The van der Waals surface area contributed by atoms with E-state index >= 15 is 0 Å². The fraction of sp³-hybridized carbons (Fsp3) is 0.667. The quantitative estimate of drug-likeness (QED) is 0.842. The first kappa shape index (κ1) is 16.1. The van der Waals surface area contributed by atoms with Crippen molar-refractivity contribution in [1.82, 2.24) is 9.80 Å². The molecule has 1 spiro atoms. The number of piperidine rings is 2. The van der Waals surface area contributed by atoms with Gasteiger partial charge in [0.15, 0.2) is 0 Å². The van der Waals surface area contributed by atoms with Crippen molar-refractivity contribution >= 4 is 11.8 Å². The van der Waals surface area contributed by atoms with Crippen LogP contribution in [0.3, 0.4) is 0 Å². The third kappa shape index (κ3) is 2.77. The summed E-state index contributed by atoms with van der Waals surface area (Å²) in [6, 6.07) is 1.82. The van der Waals surface area contributed by atoms with E-state index in [1.807, 2.05) is 36.6 Å². The third-order valence-corrected chi connectivity index (χ3v) is 5.34. The molecule has 1 aromatic rings. The monoisotopic (exact) mass is 318 g/mol. The lowest BCUT2D eigenvalue weighted by Crippen LogP contribution is -2.63. The number of hydrogen-bond donors (Lipinski definition) is 0. The second-order valence-corrected chi connectivity index (χ2v) is 6.87. The molecule has 0 aliphatic carbocycles. The predicted octanol–water partition coefficient (Wildman–Crippen LogP) is 2.90. The summed E-state index contributed by atoms with van der Waals surface area (Å²) in [5.74, 6) is 1.72. The van der Waals surface area contributed by atoms with Crippen LogP contribution in [0.15, 0.2) is 10.5 Å². The molecular formula is C18H26N2O3. The largest absolute Gasteiger partial charge is 0.466 e. The molecule has 2 saturated heterocycles. The van der Waals surface area contributed by atoms with E-state index in [0.29, 0.717) is 24.3 Å². The van der Waals surface area contributed by atoms with E-state index < -0.39 is 0 Å². The molecule has 0 saturated carbocycles. The van der Waals surface area contributed by atoms with Crippen LogP contribution >= 0.6 is 0 Å². The van der Waals surface area contributed by atoms with Crippen LogP contribution in [-0.2, 0) is 4.79 Å². The van der Waals surface area contributed by atoms with E-state index in [0.717, 1.165) is 44.5 Å². The molecule has 3 rings (SSSR count). The minimum atomic E-state index is -0.162. The van der Waals surface area contributed by atoms with E-state index in [1.165, 1.54) is 0 Å². The summed E-state index contributed by atoms with van der Waals surface area (Å²) in [5, 5.41) is 0. The van der Waals surface area contributed by atoms with Crippen LogP contribution in [0, 0.1) is 13.8 Å². The summed E-state index contributed by atoms with van der Waals surface area (Å²) in [7, 11) is 0. The Morgan fingerprint density at radius 1 is 1.30 bits per heavy atom. The van der Waals surface area contributed by atoms with Gasteiger partial charge in [0.25, 0.3) is 5.91 Å². The second kappa shape index (κ2) is 6.02. The Balaban J connectivity index is 1.84. The van der Waals surface area contributed by atoms with Crippen molar-refractivity contribution in [2.24, 2.45) is 0 Å². The van der Waals surface area contributed by atoms with Gasteiger partial charge in [-0.2, -0.15) is 0 Å². The summed E-state index contributed by atoms with van der Waals surface area (Å²) < 4.78 is 5.51. The van der Waals surface area contributed by atoms with Gasteiger partial charge in [0, 0.05) is 26.1 Å². The second-order valence-electron chi connectivity index (χ2n) is 6.87. The predicted molar refractivity (Wildman–Crippen MR) is 87.3 cm³/mol. The molecule has 2 amide bonds. The summed E-state index contributed by atoms with van der Waals surface area (Å²) in [6.45, 7) is 7.87. The molecule has 0 N–H and O–H groups in total. The van der Waals surface area contributed by atoms with E-state index in [9.17, 15) is 9.59 Å². The smallest absolute Gasteiger partial charge is 0.257 e. The highest BCUT2D eigenvalue weighted by Gasteiger charge is 2.45. The van der Waals surface area contributed by atoms with Gasteiger partial charge in [-0.25, -0.2) is 0 Å². The fourth-order valence-corrected chi connectivity index (χ4v) is 4.34. The van der Waals surface area contributed by atoms with E-state index in [1.54, 1.807) is 0 Å². The molecule has 0 bridgehead atoms. The van der Waals surface area contributed by atoms with Crippen LogP contribution in [0.2, 0.25) is 0 Å². The molecule has 126 valence electrons. The highest BCUT2D eigenvalue weighted by Crippen LogP contribution is 2.37. The van der Waals surface area contributed by atoms with E-state index in [2.05, 4.69) is 0 Å². The summed E-state index contributed by atoms with van der Waals surface area (Å²) >= 11 is 0. The summed E-state index contributed by atoms with van der Waals surface area (Å²) in [6.07, 6.45) is 4.52. The van der Waals surface area contributed by atoms with E-state index in [4.69, 9.17) is 4.42 Å². The lowest BCUT2D eigenvalue weighted by Gasteiger charge is -2.51. The van der Waals surface area contributed by atoms with Crippen LogP contribution in [0.4, 0.5) is 0 Å². The Labute approximate surface area is 137 Å². The van der Waals surface area contributed by atoms with Gasteiger partial charge in [0.2, 0.25) is 5.91 Å². The SMILES string of the molecule is CCN1C(=O)CCC[C@@]12CCCN(C(=O)c1cc(C)oc1C)C2. The first-order valence-corrected chi connectivity index (χ1v) is 8.63. The van der Waals surface area contributed by atoms with Gasteiger partial charge >= 0.3 is 0 Å². The van der Waals surface area contributed by atoms with Crippen molar-refractivity contribution in [3.8, 4) is 0 Å². The van der Waals surface area contributed by atoms with Crippen molar-refractivity contribution < 1.29 is 14.0 Å². The van der Waals surface area contributed by atoms with Gasteiger partial charge in [0.05, 0.1) is 11.1 Å².